The summed E-state index contributed by atoms with van der Waals surface area (Å²) in [5.41, 5.74) is 3.33. The Labute approximate surface area is 166 Å². The minimum absolute atomic E-state index is 0. The molecule has 0 saturated heterocycles. The maximum Gasteiger partial charge on any atom is 0.323 e. The van der Waals surface area contributed by atoms with Crippen molar-refractivity contribution in [1.29, 1.82) is 0 Å². The fourth-order valence-corrected chi connectivity index (χ4v) is 4.52. The molecule has 24 heavy (non-hydrogen) atoms. The maximum atomic E-state index is 6.45. The Morgan fingerprint density at radius 2 is 1.83 bits per heavy atom. The molecule has 0 N–H and O–H groups in total. The summed E-state index contributed by atoms with van der Waals surface area (Å²) in [5, 5.41) is 2.60. The van der Waals surface area contributed by atoms with E-state index >= 15 is 0 Å². The fraction of sp³-hybridized carbons (Fsp3) is 0.167. The summed E-state index contributed by atoms with van der Waals surface area (Å²) >= 11 is 14.4. The third-order valence-corrected chi connectivity index (χ3v) is 5.69. The van der Waals surface area contributed by atoms with Gasteiger partial charge in [-0.3, -0.25) is 0 Å². The number of fused-ring (bicyclic) bond motifs is 1. The van der Waals surface area contributed by atoms with E-state index in [1.54, 1.807) is 6.07 Å². The van der Waals surface area contributed by atoms with Crippen molar-refractivity contribution >= 4 is 35.0 Å². The normalized spacial score (nSPS) is 13.2. The summed E-state index contributed by atoms with van der Waals surface area (Å²) < 4.78 is 4.61. The molecule has 2 heterocycles. The highest BCUT2D eigenvalue weighted by Crippen LogP contribution is 2.33. The summed E-state index contributed by atoms with van der Waals surface area (Å²) in [7, 11) is 0. The van der Waals surface area contributed by atoms with Crippen molar-refractivity contribution in [2.24, 2.45) is 0 Å². The summed E-state index contributed by atoms with van der Waals surface area (Å²) in [4.78, 5) is 0. The van der Waals surface area contributed by atoms with Crippen LogP contribution < -0.4 is 21.5 Å². The van der Waals surface area contributed by atoms with Gasteiger partial charge in [-0.2, -0.15) is 4.57 Å². The van der Waals surface area contributed by atoms with Gasteiger partial charge in [0, 0.05) is 16.3 Å². The summed E-state index contributed by atoms with van der Waals surface area (Å²) in [5.74, 6) is 1.14. The standard InChI is InChI=1S/C18H15Cl2N2S.BrH/c19-13-7-8-15(16(20)11-13)17-12-22(14-5-2-1-3-6-14)18-21(17)9-4-10-23-18;/h1-3,5-8,11-12H,4,9-10H2;1H/q+1;/p-1. The first kappa shape index (κ1) is 17.9. The van der Waals surface area contributed by atoms with Crippen LogP contribution in [0.2, 0.25) is 10.0 Å². The molecule has 3 aromatic rings. The number of imidazole rings is 1. The fourth-order valence-electron chi connectivity index (χ4n) is 2.92. The lowest BCUT2D eigenvalue weighted by atomic mass is 10.1. The Morgan fingerprint density at radius 1 is 1.04 bits per heavy atom. The van der Waals surface area contributed by atoms with Gasteiger partial charge >= 0.3 is 5.16 Å². The topological polar surface area (TPSA) is 8.81 Å². The minimum atomic E-state index is 0. The van der Waals surface area contributed by atoms with Crippen LogP contribution in [0.1, 0.15) is 6.42 Å². The molecule has 2 nitrogen and oxygen atoms in total. The second kappa shape index (κ2) is 7.52. The second-order valence-corrected chi connectivity index (χ2v) is 7.39. The van der Waals surface area contributed by atoms with Crippen molar-refractivity contribution in [2.75, 3.05) is 5.75 Å². The molecule has 0 unspecified atom stereocenters. The van der Waals surface area contributed by atoms with Crippen LogP contribution in [0.25, 0.3) is 16.9 Å². The smallest absolute Gasteiger partial charge is 0.323 e. The van der Waals surface area contributed by atoms with Crippen LogP contribution >= 0.6 is 35.0 Å². The maximum absolute atomic E-state index is 6.45. The zero-order valence-electron chi connectivity index (χ0n) is 12.8. The first-order valence-corrected chi connectivity index (χ1v) is 9.27. The van der Waals surface area contributed by atoms with Gasteiger partial charge in [0.05, 0.1) is 11.6 Å². The average molecular weight is 442 g/mol. The summed E-state index contributed by atoms with van der Waals surface area (Å²) in [6.45, 7) is 1.01. The molecule has 0 amide bonds. The van der Waals surface area contributed by atoms with E-state index in [1.807, 2.05) is 30.0 Å². The van der Waals surface area contributed by atoms with Gasteiger partial charge < -0.3 is 17.0 Å². The van der Waals surface area contributed by atoms with Crippen molar-refractivity contribution in [1.82, 2.24) is 4.57 Å². The molecule has 1 aliphatic heterocycles. The van der Waals surface area contributed by atoms with E-state index in [0.29, 0.717) is 10.0 Å². The van der Waals surface area contributed by atoms with Crippen LogP contribution in [0.5, 0.6) is 0 Å². The summed E-state index contributed by atoms with van der Waals surface area (Å²) in [6, 6.07) is 16.1. The Balaban J connectivity index is 0.00000169. The number of hydrogen-bond acceptors (Lipinski definition) is 1. The van der Waals surface area contributed by atoms with Crippen molar-refractivity contribution in [3.05, 3.63) is 64.8 Å². The number of halogens is 3. The van der Waals surface area contributed by atoms with E-state index in [2.05, 4.69) is 39.6 Å². The highest BCUT2D eigenvalue weighted by atomic mass is 79.9. The van der Waals surface area contributed by atoms with Crippen LogP contribution in [0.15, 0.2) is 59.9 Å². The number of thioether (sulfide) groups is 1. The van der Waals surface area contributed by atoms with Crippen LogP contribution in [0.3, 0.4) is 0 Å². The third kappa shape index (κ3) is 3.25. The molecule has 0 atom stereocenters. The van der Waals surface area contributed by atoms with E-state index in [1.165, 1.54) is 17.3 Å². The van der Waals surface area contributed by atoms with Crippen molar-refractivity contribution in [3.8, 4) is 16.9 Å². The number of nitrogens with zero attached hydrogens (tertiary/aromatic N) is 2. The first-order valence-electron chi connectivity index (χ1n) is 7.53. The lowest BCUT2D eigenvalue weighted by Gasteiger charge is -2.11. The van der Waals surface area contributed by atoms with Gasteiger partial charge in [-0.1, -0.05) is 41.4 Å². The Bertz CT molecular complexity index is 865. The molecule has 1 aromatic heterocycles. The van der Waals surface area contributed by atoms with Crippen LogP contribution in [0, 0.1) is 0 Å². The molecular formula is C18H15BrCl2N2S. The predicted octanol–water partition coefficient (Wildman–Crippen LogP) is 2.24. The monoisotopic (exact) mass is 440 g/mol. The van der Waals surface area contributed by atoms with E-state index < -0.39 is 0 Å². The predicted molar refractivity (Wildman–Crippen MR) is 96.8 cm³/mol. The first-order chi connectivity index (χ1) is 11.2. The van der Waals surface area contributed by atoms with Gasteiger partial charge in [-0.25, -0.2) is 4.57 Å². The van der Waals surface area contributed by atoms with Gasteiger partial charge in [0.1, 0.15) is 11.9 Å². The van der Waals surface area contributed by atoms with E-state index in [4.69, 9.17) is 23.2 Å². The van der Waals surface area contributed by atoms with Gasteiger partial charge in [0.2, 0.25) is 0 Å². The molecule has 0 bridgehead atoms. The Kier molecular flexibility index (Phi) is 5.60. The van der Waals surface area contributed by atoms with E-state index in [-0.39, 0.29) is 17.0 Å². The van der Waals surface area contributed by atoms with E-state index in [0.717, 1.165) is 23.6 Å². The highest BCUT2D eigenvalue weighted by molar-refractivity contribution is 7.99. The van der Waals surface area contributed by atoms with Crippen molar-refractivity contribution < 1.29 is 21.5 Å². The molecule has 2 aromatic carbocycles. The molecule has 4 rings (SSSR count). The minimum Gasteiger partial charge on any atom is -1.00 e. The quantitative estimate of drug-likeness (QED) is 0.554. The largest absolute Gasteiger partial charge is 1.00 e. The Morgan fingerprint density at radius 3 is 2.58 bits per heavy atom. The van der Waals surface area contributed by atoms with Crippen molar-refractivity contribution in [2.45, 2.75) is 18.1 Å². The second-order valence-electron chi connectivity index (χ2n) is 5.48. The van der Waals surface area contributed by atoms with Crippen LogP contribution in [-0.4, -0.2) is 10.3 Å². The molecule has 1 aliphatic rings. The van der Waals surface area contributed by atoms with Gasteiger partial charge in [0.25, 0.3) is 0 Å². The van der Waals surface area contributed by atoms with E-state index in [9.17, 15) is 0 Å². The zero-order chi connectivity index (χ0) is 15.8. The lowest BCUT2D eigenvalue weighted by Crippen LogP contribution is -3.00. The van der Waals surface area contributed by atoms with Crippen LogP contribution in [-0.2, 0) is 6.54 Å². The summed E-state index contributed by atoms with van der Waals surface area (Å²) in [6.07, 6.45) is 3.34. The van der Waals surface area contributed by atoms with Gasteiger partial charge in [-0.15, -0.1) is 0 Å². The van der Waals surface area contributed by atoms with Gasteiger partial charge in [0.15, 0.2) is 5.69 Å². The molecule has 0 aliphatic carbocycles. The van der Waals surface area contributed by atoms with Crippen LogP contribution in [0.4, 0.5) is 0 Å². The molecule has 0 fully saturated rings. The van der Waals surface area contributed by atoms with Crippen molar-refractivity contribution in [3.63, 3.8) is 0 Å². The molecular weight excluding hydrogens is 427 g/mol. The number of hydrogen-bond donors (Lipinski definition) is 0. The highest BCUT2D eigenvalue weighted by Gasteiger charge is 2.29. The number of rotatable bonds is 2. The third-order valence-electron chi connectivity index (χ3n) is 3.98. The number of benzene rings is 2. The number of aromatic nitrogens is 2. The Hall–Kier alpha value is -0.940. The molecule has 0 spiro atoms. The molecule has 0 radical (unpaired) electrons. The molecule has 6 heteroatoms. The molecule has 124 valence electrons. The lowest BCUT2D eigenvalue weighted by molar-refractivity contribution is -0.724. The number of para-hydroxylation sites is 1. The zero-order valence-corrected chi connectivity index (χ0v) is 16.7. The molecule has 0 saturated carbocycles. The van der Waals surface area contributed by atoms with Gasteiger partial charge in [-0.05, 0) is 48.5 Å². The SMILES string of the molecule is Clc1ccc(-c2cn(-c3ccccc3)c3[n+]2CCCS3)c(Cl)c1.[Br-]. The average Bonchev–Trinajstić information content (AvgIpc) is 2.95.